The molecule has 23 heavy (non-hydrogen) atoms. The van der Waals surface area contributed by atoms with Gasteiger partial charge in [-0.15, -0.1) is 0 Å². The van der Waals surface area contributed by atoms with Crippen LogP contribution < -0.4 is 5.32 Å². The molecule has 4 nitrogen and oxygen atoms in total. The summed E-state index contributed by atoms with van der Waals surface area (Å²) in [5, 5.41) is 11.8. The fourth-order valence-corrected chi connectivity index (χ4v) is 3.08. The molecule has 1 aromatic rings. The van der Waals surface area contributed by atoms with Crippen molar-refractivity contribution in [1.29, 1.82) is 0 Å². The number of piperidine rings is 1. The Morgan fingerprint density at radius 1 is 1.30 bits per heavy atom. The Balaban J connectivity index is 1.78. The van der Waals surface area contributed by atoms with Gasteiger partial charge in [-0.05, 0) is 44.4 Å². The van der Waals surface area contributed by atoms with E-state index in [1.54, 1.807) is 0 Å². The fourth-order valence-electron chi connectivity index (χ4n) is 3.08. The predicted octanol–water partition coefficient (Wildman–Crippen LogP) is 1.86. The van der Waals surface area contributed by atoms with Gasteiger partial charge in [-0.3, -0.25) is 9.69 Å². The number of aliphatic hydroxyl groups is 1. The van der Waals surface area contributed by atoms with E-state index >= 15 is 0 Å². The maximum atomic E-state index is 13.5. The van der Waals surface area contributed by atoms with Gasteiger partial charge in [-0.2, -0.15) is 0 Å². The lowest BCUT2D eigenvalue weighted by Crippen LogP contribution is -2.46. The summed E-state index contributed by atoms with van der Waals surface area (Å²) in [6, 6.07) is 3.99. The molecule has 6 heteroatoms. The molecule has 0 aliphatic carbocycles. The van der Waals surface area contributed by atoms with Gasteiger partial charge in [0.05, 0.1) is 6.54 Å². The number of likely N-dealkylation sites (tertiary alicyclic amines) is 1. The third-order valence-corrected chi connectivity index (χ3v) is 4.32. The molecule has 1 aliphatic heterocycles. The van der Waals surface area contributed by atoms with Crippen molar-refractivity contribution in [3.63, 3.8) is 0 Å². The first-order valence-corrected chi connectivity index (χ1v) is 8.16. The minimum atomic E-state index is -0.585. The number of hydrogen-bond donors (Lipinski definition) is 2. The van der Waals surface area contributed by atoms with Crippen molar-refractivity contribution in [2.75, 3.05) is 26.2 Å². The zero-order valence-electron chi connectivity index (χ0n) is 13.2. The Labute approximate surface area is 135 Å². The number of benzene rings is 1. The van der Waals surface area contributed by atoms with Gasteiger partial charge in [-0.1, -0.05) is 12.5 Å². The van der Waals surface area contributed by atoms with Crippen molar-refractivity contribution in [2.45, 2.75) is 38.1 Å². The number of nitrogens with zero attached hydrogens (tertiary/aromatic N) is 1. The van der Waals surface area contributed by atoms with Crippen molar-refractivity contribution in [1.82, 2.24) is 10.2 Å². The monoisotopic (exact) mass is 326 g/mol. The van der Waals surface area contributed by atoms with E-state index in [9.17, 15) is 13.6 Å². The summed E-state index contributed by atoms with van der Waals surface area (Å²) in [6.07, 6.45) is 3.97. The number of halogens is 2. The van der Waals surface area contributed by atoms with Crippen LogP contribution in [0, 0.1) is 11.6 Å². The summed E-state index contributed by atoms with van der Waals surface area (Å²) in [4.78, 5) is 14.1. The van der Waals surface area contributed by atoms with E-state index in [1.165, 1.54) is 18.2 Å². The Morgan fingerprint density at radius 2 is 2.04 bits per heavy atom. The van der Waals surface area contributed by atoms with E-state index in [-0.39, 0.29) is 43.6 Å². The molecule has 1 amide bonds. The Bertz CT molecular complexity index is 503. The van der Waals surface area contributed by atoms with E-state index in [0.29, 0.717) is 6.42 Å². The molecule has 1 heterocycles. The number of nitrogens with one attached hydrogen (secondary N) is 1. The van der Waals surface area contributed by atoms with Gasteiger partial charge < -0.3 is 10.4 Å². The van der Waals surface area contributed by atoms with E-state index in [4.69, 9.17) is 5.11 Å². The lowest BCUT2D eigenvalue weighted by atomic mass is 10.00. The SMILES string of the molecule is O=C(CN1CCCC[C@H]1CCO)NCCc1c(F)cccc1F. The molecule has 0 radical (unpaired) electrons. The zero-order valence-corrected chi connectivity index (χ0v) is 13.2. The number of amides is 1. The van der Waals surface area contributed by atoms with Crippen molar-refractivity contribution < 1.29 is 18.7 Å². The summed E-state index contributed by atoms with van der Waals surface area (Å²) in [5.41, 5.74) is 0.00364. The highest BCUT2D eigenvalue weighted by molar-refractivity contribution is 5.78. The van der Waals surface area contributed by atoms with E-state index < -0.39 is 11.6 Å². The first-order valence-electron chi connectivity index (χ1n) is 8.16. The molecule has 1 aliphatic rings. The van der Waals surface area contributed by atoms with E-state index in [2.05, 4.69) is 10.2 Å². The van der Waals surface area contributed by atoms with Crippen molar-refractivity contribution >= 4 is 5.91 Å². The van der Waals surface area contributed by atoms with Crippen LogP contribution in [0.1, 0.15) is 31.2 Å². The van der Waals surface area contributed by atoms with Gasteiger partial charge in [-0.25, -0.2) is 8.78 Å². The summed E-state index contributed by atoms with van der Waals surface area (Å²) in [5.74, 6) is -1.32. The van der Waals surface area contributed by atoms with Crippen LogP contribution in [0.25, 0.3) is 0 Å². The summed E-state index contributed by atoms with van der Waals surface area (Å²) >= 11 is 0. The molecule has 0 bridgehead atoms. The van der Waals surface area contributed by atoms with Crippen LogP contribution in [0.3, 0.4) is 0 Å². The van der Waals surface area contributed by atoms with E-state index in [1.807, 2.05) is 0 Å². The molecular formula is C17H24F2N2O2. The first kappa shape index (κ1) is 17.8. The first-order chi connectivity index (χ1) is 11.1. The van der Waals surface area contributed by atoms with Gasteiger partial charge in [0.2, 0.25) is 5.91 Å². The number of hydrogen-bond acceptors (Lipinski definition) is 3. The number of rotatable bonds is 7. The number of carbonyl (C=O) groups excluding carboxylic acids is 1. The zero-order chi connectivity index (χ0) is 16.7. The van der Waals surface area contributed by atoms with Crippen LogP contribution in [0.2, 0.25) is 0 Å². The van der Waals surface area contributed by atoms with Crippen molar-refractivity contribution in [2.24, 2.45) is 0 Å². The summed E-state index contributed by atoms with van der Waals surface area (Å²) < 4.78 is 27.0. The standard InChI is InChI=1S/C17H24F2N2O2/c18-15-5-3-6-16(19)14(15)7-9-20-17(23)12-21-10-2-1-4-13(21)8-11-22/h3,5-6,13,22H,1-2,4,7-12H2,(H,20,23)/t13-/m0/s1. The molecule has 1 aromatic carbocycles. The minimum Gasteiger partial charge on any atom is -0.396 e. The maximum absolute atomic E-state index is 13.5. The highest BCUT2D eigenvalue weighted by Gasteiger charge is 2.23. The molecule has 2 N–H and O–H groups in total. The van der Waals surface area contributed by atoms with Crippen LogP contribution in [0.5, 0.6) is 0 Å². The van der Waals surface area contributed by atoms with Crippen molar-refractivity contribution in [3.8, 4) is 0 Å². The second kappa shape index (κ2) is 8.93. The third-order valence-electron chi connectivity index (χ3n) is 4.32. The molecule has 128 valence electrons. The van der Waals surface area contributed by atoms with Gasteiger partial charge in [0.15, 0.2) is 0 Å². The van der Waals surface area contributed by atoms with Gasteiger partial charge in [0.1, 0.15) is 11.6 Å². The average Bonchev–Trinajstić information content (AvgIpc) is 2.52. The smallest absolute Gasteiger partial charge is 0.234 e. The average molecular weight is 326 g/mol. The molecule has 1 saturated heterocycles. The number of aliphatic hydroxyl groups excluding tert-OH is 1. The highest BCUT2D eigenvalue weighted by Crippen LogP contribution is 2.19. The Kier molecular flexibility index (Phi) is 6.92. The lowest BCUT2D eigenvalue weighted by molar-refractivity contribution is -0.123. The molecule has 1 fully saturated rings. The molecule has 0 spiro atoms. The lowest BCUT2D eigenvalue weighted by Gasteiger charge is -2.34. The van der Waals surface area contributed by atoms with Crippen LogP contribution in [-0.2, 0) is 11.2 Å². The quantitative estimate of drug-likeness (QED) is 0.804. The molecule has 0 unspecified atom stereocenters. The van der Waals surface area contributed by atoms with Gasteiger partial charge in [0.25, 0.3) is 0 Å². The highest BCUT2D eigenvalue weighted by atomic mass is 19.1. The molecule has 0 saturated carbocycles. The largest absolute Gasteiger partial charge is 0.396 e. The predicted molar refractivity (Wildman–Crippen MR) is 84.0 cm³/mol. The second-order valence-electron chi connectivity index (χ2n) is 5.93. The minimum absolute atomic E-state index is 0.00364. The van der Waals surface area contributed by atoms with Crippen LogP contribution in [0.4, 0.5) is 8.78 Å². The van der Waals surface area contributed by atoms with Crippen LogP contribution >= 0.6 is 0 Å². The molecule has 0 aromatic heterocycles. The Hall–Kier alpha value is -1.53. The normalized spacial score (nSPS) is 18.8. The molecule has 2 rings (SSSR count). The topological polar surface area (TPSA) is 52.6 Å². The summed E-state index contributed by atoms with van der Waals surface area (Å²) in [6.45, 7) is 1.44. The number of carbonyl (C=O) groups is 1. The van der Waals surface area contributed by atoms with Crippen LogP contribution in [0.15, 0.2) is 18.2 Å². The van der Waals surface area contributed by atoms with Gasteiger partial charge >= 0.3 is 0 Å². The third kappa shape index (κ3) is 5.25. The van der Waals surface area contributed by atoms with Crippen molar-refractivity contribution in [3.05, 3.63) is 35.4 Å². The van der Waals surface area contributed by atoms with E-state index in [0.717, 1.165) is 25.8 Å². The molecular weight excluding hydrogens is 302 g/mol. The fraction of sp³-hybridized carbons (Fsp3) is 0.588. The maximum Gasteiger partial charge on any atom is 0.234 e. The summed E-state index contributed by atoms with van der Waals surface area (Å²) in [7, 11) is 0. The van der Waals surface area contributed by atoms with Gasteiger partial charge in [0, 0.05) is 24.8 Å². The molecule has 1 atom stereocenters. The second-order valence-corrected chi connectivity index (χ2v) is 5.93. The Morgan fingerprint density at radius 3 is 2.74 bits per heavy atom. The van der Waals surface area contributed by atoms with Crippen LogP contribution in [-0.4, -0.2) is 48.2 Å².